The zero-order valence-electron chi connectivity index (χ0n) is 11.5. The number of benzene rings is 1. The first-order valence-electron chi connectivity index (χ1n) is 6.94. The smallest absolute Gasteiger partial charge is 0.236 e. The van der Waals surface area contributed by atoms with Crippen molar-refractivity contribution in [2.75, 3.05) is 26.2 Å². The summed E-state index contributed by atoms with van der Waals surface area (Å²) in [6.45, 7) is 4.22. The fourth-order valence-corrected chi connectivity index (χ4v) is 4.04. The van der Waals surface area contributed by atoms with Crippen molar-refractivity contribution in [3.05, 3.63) is 29.8 Å². The second kappa shape index (κ2) is 5.48. The minimum Gasteiger partial charge on any atom is -0.339 e. The highest BCUT2D eigenvalue weighted by Crippen LogP contribution is 2.37. The highest BCUT2D eigenvalue weighted by atomic mass is 32.2. The van der Waals surface area contributed by atoms with Crippen molar-refractivity contribution in [1.29, 1.82) is 0 Å². The normalized spacial score (nSPS) is 21.8. The van der Waals surface area contributed by atoms with E-state index in [1.54, 1.807) is 23.6 Å². The maximum Gasteiger partial charge on any atom is 0.236 e. The maximum atomic E-state index is 12.5. The molecule has 0 aliphatic carbocycles. The van der Waals surface area contributed by atoms with Crippen molar-refractivity contribution in [1.82, 2.24) is 9.80 Å². The molecule has 2 amide bonds. The molecule has 0 aromatic heterocycles. The minimum atomic E-state index is 0.0104. The van der Waals surface area contributed by atoms with Crippen molar-refractivity contribution in [3.63, 3.8) is 0 Å². The molecule has 0 unspecified atom stereocenters. The Labute approximate surface area is 123 Å². The van der Waals surface area contributed by atoms with Crippen LogP contribution >= 0.6 is 11.8 Å². The van der Waals surface area contributed by atoms with Crippen molar-refractivity contribution < 1.29 is 9.59 Å². The van der Waals surface area contributed by atoms with Gasteiger partial charge in [0.2, 0.25) is 11.8 Å². The molecule has 2 aliphatic heterocycles. The molecule has 0 spiro atoms. The van der Waals surface area contributed by atoms with Gasteiger partial charge in [0, 0.05) is 38.0 Å². The van der Waals surface area contributed by atoms with E-state index in [0.717, 1.165) is 6.42 Å². The summed E-state index contributed by atoms with van der Waals surface area (Å²) in [6.07, 6.45) is 0.826. The van der Waals surface area contributed by atoms with Gasteiger partial charge in [-0.25, -0.2) is 0 Å². The van der Waals surface area contributed by atoms with E-state index in [9.17, 15) is 9.59 Å². The summed E-state index contributed by atoms with van der Waals surface area (Å²) in [6, 6.07) is 8.23. The van der Waals surface area contributed by atoms with Crippen molar-refractivity contribution in [2.24, 2.45) is 0 Å². The van der Waals surface area contributed by atoms with Crippen molar-refractivity contribution in [2.45, 2.75) is 23.5 Å². The Hall–Kier alpha value is -1.49. The van der Waals surface area contributed by atoms with Gasteiger partial charge in [0.15, 0.2) is 0 Å². The third-order valence-corrected chi connectivity index (χ3v) is 5.26. The van der Waals surface area contributed by atoms with Gasteiger partial charge < -0.3 is 9.80 Å². The average Bonchev–Trinajstić information content (AvgIpc) is 2.90. The molecule has 1 aromatic carbocycles. The van der Waals surface area contributed by atoms with Crippen molar-refractivity contribution in [3.8, 4) is 0 Å². The van der Waals surface area contributed by atoms with Crippen LogP contribution in [0.1, 0.15) is 12.5 Å². The Balaban J connectivity index is 1.60. The van der Waals surface area contributed by atoms with Crippen LogP contribution in [0.3, 0.4) is 0 Å². The molecular formula is C15H18N2O2S. The van der Waals surface area contributed by atoms with E-state index >= 15 is 0 Å². The number of amides is 2. The zero-order chi connectivity index (χ0) is 14.1. The van der Waals surface area contributed by atoms with E-state index < -0.39 is 0 Å². The predicted octanol–water partition coefficient (Wildman–Crippen LogP) is 1.39. The standard InChI is InChI=1S/C15H18N2O2S/c1-11(18)16-6-8-17(9-7-16)15(19)14-10-12-4-2-3-5-13(12)20-14/h2-5,14H,6-10H2,1H3/t14-/m0/s1. The van der Waals surface area contributed by atoms with Crippen molar-refractivity contribution >= 4 is 23.6 Å². The van der Waals surface area contributed by atoms with Crippen LogP contribution in [0, 0.1) is 0 Å². The maximum absolute atomic E-state index is 12.5. The van der Waals surface area contributed by atoms with Crippen LogP contribution in [0.15, 0.2) is 29.2 Å². The molecule has 2 aliphatic rings. The molecule has 4 nitrogen and oxygen atoms in total. The Morgan fingerprint density at radius 2 is 1.75 bits per heavy atom. The van der Waals surface area contributed by atoms with E-state index in [2.05, 4.69) is 12.1 Å². The van der Waals surface area contributed by atoms with Crippen LogP contribution in [-0.2, 0) is 16.0 Å². The third kappa shape index (κ3) is 2.54. The zero-order valence-corrected chi connectivity index (χ0v) is 12.4. The highest BCUT2D eigenvalue weighted by molar-refractivity contribution is 8.01. The molecule has 0 bridgehead atoms. The molecule has 5 heteroatoms. The summed E-state index contributed by atoms with van der Waals surface area (Å²) in [7, 11) is 0. The Kier molecular flexibility index (Phi) is 3.70. The number of thioether (sulfide) groups is 1. The fourth-order valence-electron chi connectivity index (χ4n) is 2.77. The molecule has 2 heterocycles. The van der Waals surface area contributed by atoms with Gasteiger partial charge in [-0.15, -0.1) is 11.8 Å². The van der Waals surface area contributed by atoms with Gasteiger partial charge in [0.1, 0.15) is 0 Å². The Morgan fingerprint density at radius 1 is 1.10 bits per heavy atom. The number of nitrogens with zero attached hydrogens (tertiary/aromatic N) is 2. The lowest BCUT2D eigenvalue weighted by atomic mass is 10.1. The number of fused-ring (bicyclic) bond motifs is 1. The van der Waals surface area contributed by atoms with Crippen LogP contribution in [0.5, 0.6) is 0 Å². The number of piperazine rings is 1. The first kappa shape index (κ1) is 13.5. The molecule has 106 valence electrons. The van der Waals surface area contributed by atoms with Gasteiger partial charge in [-0.1, -0.05) is 18.2 Å². The Bertz CT molecular complexity index is 513. The lowest BCUT2D eigenvalue weighted by Gasteiger charge is -2.35. The minimum absolute atomic E-state index is 0.0104. The first-order valence-corrected chi connectivity index (χ1v) is 7.82. The molecular weight excluding hydrogens is 272 g/mol. The van der Waals surface area contributed by atoms with E-state index in [-0.39, 0.29) is 17.1 Å². The summed E-state index contributed by atoms with van der Waals surface area (Å²) < 4.78 is 0. The number of hydrogen-bond donors (Lipinski definition) is 0. The number of hydrogen-bond acceptors (Lipinski definition) is 3. The molecule has 1 fully saturated rings. The lowest BCUT2D eigenvalue weighted by molar-refractivity contribution is -0.138. The molecule has 3 rings (SSSR count). The number of carbonyl (C=O) groups is 2. The molecule has 0 N–H and O–H groups in total. The molecule has 1 atom stereocenters. The Morgan fingerprint density at radius 3 is 2.40 bits per heavy atom. The van der Waals surface area contributed by atoms with Gasteiger partial charge in [0.25, 0.3) is 0 Å². The van der Waals surface area contributed by atoms with Gasteiger partial charge in [-0.2, -0.15) is 0 Å². The van der Waals surface area contributed by atoms with E-state index in [1.807, 2.05) is 17.0 Å². The van der Waals surface area contributed by atoms with E-state index in [1.165, 1.54) is 10.5 Å². The van der Waals surface area contributed by atoms with Crippen LogP contribution in [0.4, 0.5) is 0 Å². The summed E-state index contributed by atoms with van der Waals surface area (Å²) in [4.78, 5) is 28.8. The monoisotopic (exact) mass is 290 g/mol. The van der Waals surface area contributed by atoms with Crippen LogP contribution < -0.4 is 0 Å². The van der Waals surface area contributed by atoms with Crippen LogP contribution in [-0.4, -0.2) is 53.0 Å². The summed E-state index contributed by atoms with van der Waals surface area (Å²) in [5.41, 5.74) is 1.28. The summed E-state index contributed by atoms with van der Waals surface area (Å²) in [5, 5.41) is 0.0104. The van der Waals surface area contributed by atoms with E-state index in [0.29, 0.717) is 26.2 Å². The second-order valence-corrected chi connectivity index (χ2v) is 6.49. The van der Waals surface area contributed by atoms with Crippen LogP contribution in [0.25, 0.3) is 0 Å². The van der Waals surface area contributed by atoms with Gasteiger partial charge in [0.05, 0.1) is 5.25 Å². The third-order valence-electron chi connectivity index (χ3n) is 3.96. The largest absolute Gasteiger partial charge is 0.339 e. The van der Waals surface area contributed by atoms with Gasteiger partial charge >= 0.3 is 0 Å². The number of carbonyl (C=O) groups excluding carboxylic acids is 2. The molecule has 0 radical (unpaired) electrons. The lowest BCUT2D eigenvalue weighted by Crippen LogP contribution is -2.52. The number of rotatable bonds is 1. The molecule has 1 saturated heterocycles. The van der Waals surface area contributed by atoms with Crippen LogP contribution in [0.2, 0.25) is 0 Å². The first-order chi connectivity index (χ1) is 9.65. The topological polar surface area (TPSA) is 40.6 Å². The quantitative estimate of drug-likeness (QED) is 0.785. The average molecular weight is 290 g/mol. The SMILES string of the molecule is CC(=O)N1CCN(C(=O)[C@@H]2Cc3ccccc3S2)CC1. The molecule has 20 heavy (non-hydrogen) atoms. The summed E-state index contributed by atoms with van der Waals surface area (Å²) in [5.74, 6) is 0.314. The van der Waals surface area contributed by atoms with E-state index in [4.69, 9.17) is 0 Å². The second-order valence-electron chi connectivity index (χ2n) is 5.25. The molecule has 0 saturated carbocycles. The summed E-state index contributed by atoms with van der Waals surface area (Å²) >= 11 is 1.67. The van der Waals surface area contributed by atoms with Gasteiger partial charge in [-0.05, 0) is 18.1 Å². The predicted molar refractivity (Wildman–Crippen MR) is 78.6 cm³/mol. The highest BCUT2D eigenvalue weighted by Gasteiger charge is 2.32. The van der Waals surface area contributed by atoms with Gasteiger partial charge in [-0.3, -0.25) is 9.59 Å². The molecule has 1 aromatic rings. The fraction of sp³-hybridized carbons (Fsp3) is 0.467.